The Kier molecular flexibility index (Phi) is 7.28. The molecule has 0 heterocycles. The summed E-state index contributed by atoms with van der Waals surface area (Å²) in [6.45, 7) is 4.69. The van der Waals surface area contributed by atoms with E-state index in [4.69, 9.17) is 0 Å². The Morgan fingerprint density at radius 1 is 0.321 bits per heavy atom. The van der Waals surface area contributed by atoms with Crippen LogP contribution in [0.15, 0.2) is 200 Å². The van der Waals surface area contributed by atoms with Crippen LogP contribution >= 0.6 is 0 Å². The molecule has 1 heteroatoms. The smallest absolute Gasteiger partial charge is 0.0468 e. The normalized spacial score (nSPS) is 13.0. The highest BCUT2D eigenvalue weighted by atomic mass is 15.1. The van der Waals surface area contributed by atoms with Gasteiger partial charge in [-0.1, -0.05) is 172 Å². The molecule has 11 rings (SSSR count). The molecule has 0 radical (unpaired) electrons. The van der Waals surface area contributed by atoms with E-state index in [0.29, 0.717) is 0 Å². The van der Waals surface area contributed by atoms with Crippen molar-refractivity contribution >= 4 is 60.2 Å². The van der Waals surface area contributed by atoms with E-state index in [1.54, 1.807) is 0 Å². The van der Waals surface area contributed by atoms with Crippen LogP contribution in [0.1, 0.15) is 25.0 Å². The van der Waals surface area contributed by atoms with Crippen LogP contribution in [0, 0.1) is 0 Å². The number of hydrogen-bond acceptors (Lipinski definition) is 1. The topological polar surface area (TPSA) is 3.24 Å². The Morgan fingerprint density at radius 3 is 1.71 bits per heavy atom. The van der Waals surface area contributed by atoms with Crippen molar-refractivity contribution < 1.29 is 0 Å². The molecular weight excluding hydrogens is 675 g/mol. The lowest BCUT2D eigenvalue weighted by Gasteiger charge is -2.27. The molecule has 0 bridgehead atoms. The van der Waals surface area contributed by atoms with Crippen molar-refractivity contribution in [1.29, 1.82) is 0 Å². The van der Waals surface area contributed by atoms with Gasteiger partial charge in [0.1, 0.15) is 0 Å². The molecule has 0 aliphatic heterocycles. The number of fused-ring (bicyclic) bond motifs is 9. The SMILES string of the molecule is CC1(C)c2ccccc2-c2cc(N(c3ccc(-c4ccc5ccccc5c4)cc3)c3ccc(-c4cccc5ccc6c7ccccc7ccc6c45)cc3)ccc21. The summed E-state index contributed by atoms with van der Waals surface area (Å²) in [5.41, 5.74) is 13.6. The number of benzene rings is 10. The lowest BCUT2D eigenvalue weighted by Crippen LogP contribution is -2.15. The van der Waals surface area contributed by atoms with Crippen LogP contribution in [0.2, 0.25) is 0 Å². The summed E-state index contributed by atoms with van der Waals surface area (Å²) < 4.78 is 0. The third kappa shape index (κ3) is 5.08. The van der Waals surface area contributed by atoms with Gasteiger partial charge >= 0.3 is 0 Å². The lowest BCUT2D eigenvalue weighted by atomic mass is 9.82. The molecule has 1 aliphatic rings. The largest absolute Gasteiger partial charge is 0.310 e. The third-order valence-electron chi connectivity index (χ3n) is 12.2. The van der Waals surface area contributed by atoms with Gasteiger partial charge < -0.3 is 4.90 Å². The molecule has 0 saturated heterocycles. The summed E-state index contributed by atoms with van der Waals surface area (Å²) in [5.74, 6) is 0. The van der Waals surface area contributed by atoms with Crippen LogP contribution in [0.4, 0.5) is 17.1 Å². The maximum atomic E-state index is 2.41. The van der Waals surface area contributed by atoms with Crippen LogP contribution in [0.25, 0.3) is 76.5 Å². The maximum Gasteiger partial charge on any atom is 0.0468 e. The summed E-state index contributed by atoms with van der Waals surface area (Å²) in [4.78, 5) is 2.41. The number of anilines is 3. The van der Waals surface area contributed by atoms with E-state index < -0.39 is 0 Å². The highest BCUT2D eigenvalue weighted by Gasteiger charge is 2.35. The summed E-state index contributed by atoms with van der Waals surface area (Å²) in [6.07, 6.45) is 0. The monoisotopic (exact) mass is 713 g/mol. The van der Waals surface area contributed by atoms with Crippen LogP contribution in [0.5, 0.6) is 0 Å². The quantitative estimate of drug-likeness (QED) is 0.161. The fourth-order valence-corrected chi connectivity index (χ4v) is 9.37. The minimum absolute atomic E-state index is 0.0483. The predicted octanol–water partition coefficient (Wildman–Crippen LogP) is 15.4. The summed E-state index contributed by atoms with van der Waals surface area (Å²) in [6, 6.07) is 74.0. The lowest BCUT2D eigenvalue weighted by molar-refractivity contribution is 0.660. The first kappa shape index (κ1) is 32.5. The van der Waals surface area contributed by atoms with Gasteiger partial charge in [-0.3, -0.25) is 0 Å². The van der Waals surface area contributed by atoms with Crippen LogP contribution in [-0.4, -0.2) is 0 Å². The molecule has 0 spiro atoms. The molecule has 0 unspecified atom stereocenters. The molecule has 264 valence electrons. The van der Waals surface area contributed by atoms with Crippen LogP contribution in [0.3, 0.4) is 0 Å². The molecule has 0 N–H and O–H groups in total. The highest BCUT2D eigenvalue weighted by molar-refractivity contribution is 6.21. The average molecular weight is 714 g/mol. The molecule has 0 fully saturated rings. The van der Waals surface area contributed by atoms with Gasteiger partial charge in [0.2, 0.25) is 0 Å². The third-order valence-corrected chi connectivity index (χ3v) is 12.2. The Morgan fingerprint density at radius 2 is 0.893 bits per heavy atom. The van der Waals surface area contributed by atoms with Crippen molar-refractivity contribution in [2.45, 2.75) is 19.3 Å². The molecule has 10 aromatic carbocycles. The maximum absolute atomic E-state index is 2.41. The van der Waals surface area contributed by atoms with Gasteiger partial charge in [0.25, 0.3) is 0 Å². The van der Waals surface area contributed by atoms with Crippen molar-refractivity contribution in [1.82, 2.24) is 0 Å². The molecule has 0 amide bonds. The fraction of sp³-hybridized carbons (Fsp3) is 0.0545. The van der Waals surface area contributed by atoms with Gasteiger partial charge in [-0.25, -0.2) is 0 Å². The first-order chi connectivity index (χ1) is 27.5. The predicted molar refractivity (Wildman–Crippen MR) is 240 cm³/mol. The first-order valence-corrected chi connectivity index (χ1v) is 19.6. The summed E-state index contributed by atoms with van der Waals surface area (Å²) >= 11 is 0. The van der Waals surface area contributed by atoms with Gasteiger partial charge in [-0.2, -0.15) is 0 Å². The van der Waals surface area contributed by atoms with Crippen molar-refractivity contribution in [2.75, 3.05) is 4.90 Å². The van der Waals surface area contributed by atoms with Gasteiger partial charge in [0, 0.05) is 22.5 Å². The molecule has 0 atom stereocenters. The highest BCUT2D eigenvalue weighted by Crippen LogP contribution is 2.51. The second kappa shape index (κ2) is 12.5. The zero-order valence-corrected chi connectivity index (χ0v) is 31.5. The zero-order chi connectivity index (χ0) is 37.4. The Labute approximate surface area is 327 Å². The minimum Gasteiger partial charge on any atom is -0.310 e. The second-order valence-corrected chi connectivity index (χ2v) is 15.7. The van der Waals surface area contributed by atoms with E-state index >= 15 is 0 Å². The standard InChI is InChI=1S/C55H39N/c1-55(2)52-17-8-7-15-49(52)51-35-45(30-33-53(51)55)56(43-26-20-37(21-27-43)42-19-18-36-10-3-4-12-41(36)34-42)44-28-22-39(23-29-44)47-16-9-13-40-25-31-48-46-14-6-5-11-38(46)24-32-50(48)54(40)47/h3-35H,1-2H3. The molecule has 0 saturated carbocycles. The Bertz CT molecular complexity index is 3150. The number of hydrogen-bond donors (Lipinski definition) is 0. The number of nitrogens with zero attached hydrogens (tertiary/aromatic N) is 1. The molecular formula is C55H39N. The fourth-order valence-electron chi connectivity index (χ4n) is 9.37. The Hall–Kier alpha value is -6.96. The average Bonchev–Trinajstić information content (AvgIpc) is 3.49. The van der Waals surface area contributed by atoms with Gasteiger partial charge in [-0.05, 0) is 130 Å². The molecule has 0 aromatic heterocycles. The molecule has 56 heavy (non-hydrogen) atoms. The van der Waals surface area contributed by atoms with Crippen molar-refractivity contribution in [2.24, 2.45) is 0 Å². The van der Waals surface area contributed by atoms with Gasteiger partial charge in [-0.15, -0.1) is 0 Å². The van der Waals surface area contributed by atoms with E-state index in [0.717, 1.165) is 17.1 Å². The van der Waals surface area contributed by atoms with E-state index in [1.165, 1.54) is 87.6 Å². The van der Waals surface area contributed by atoms with Gasteiger partial charge in [0.15, 0.2) is 0 Å². The van der Waals surface area contributed by atoms with Gasteiger partial charge in [0.05, 0.1) is 0 Å². The van der Waals surface area contributed by atoms with Crippen LogP contribution < -0.4 is 4.90 Å². The van der Waals surface area contributed by atoms with Crippen molar-refractivity contribution in [3.05, 3.63) is 211 Å². The van der Waals surface area contributed by atoms with Crippen molar-refractivity contribution in [3.8, 4) is 33.4 Å². The first-order valence-electron chi connectivity index (χ1n) is 19.6. The second-order valence-electron chi connectivity index (χ2n) is 15.7. The van der Waals surface area contributed by atoms with Crippen molar-refractivity contribution in [3.63, 3.8) is 0 Å². The van der Waals surface area contributed by atoms with E-state index in [-0.39, 0.29) is 5.41 Å². The summed E-state index contributed by atoms with van der Waals surface area (Å²) in [5, 5.41) is 10.2. The zero-order valence-electron chi connectivity index (χ0n) is 31.5. The Balaban J connectivity index is 1.04. The minimum atomic E-state index is -0.0483. The van der Waals surface area contributed by atoms with E-state index in [9.17, 15) is 0 Å². The molecule has 1 aliphatic carbocycles. The number of rotatable bonds is 5. The van der Waals surface area contributed by atoms with Crippen LogP contribution in [-0.2, 0) is 5.41 Å². The molecule has 10 aromatic rings. The summed E-state index contributed by atoms with van der Waals surface area (Å²) in [7, 11) is 0. The van der Waals surface area contributed by atoms with E-state index in [1.807, 2.05) is 0 Å². The van der Waals surface area contributed by atoms with E-state index in [2.05, 4.69) is 219 Å². The molecule has 1 nitrogen and oxygen atoms in total.